The second-order valence-electron chi connectivity index (χ2n) is 6.98. The average Bonchev–Trinajstić information content (AvgIpc) is 2.60. The molecule has 0 atom stereocenters. The fraction of sp³-hybridized carbons (Fsp3) is 0.300. The number of hydrogen-bond donors (Lipinski definition) is 0. The van der Waals surface area contributed by atoms with E-state index in [9.17, 15) is 9.18 Å². The van der Waals surface area contributed by atoms with E-state index in [1.54, 1.807) is 29.3 Å². The van der Waals surface area contributed by atoms with E-state index in [0.29, 0.717) is 23.2 Å². The number of aromatic nitrogens is 1. The average molecular weight is 322 g/mol. The van der Waals surface area contributed by atoms with E-state index in [-0.39, 0.29) is 17.1 Å². The van der Waals surface area contributed by atoms with Gasteiger partial charge in [0, 0.05) is 30.9 Å². The van der Waals surface area contributed by atoms with Crippen LogP contribution in [0, 0.1) is 23.1 Å². The van der Waals surface area contributed by atoms with Crippen LogP contribution in [0.1, 0.15) is 41.0 Å². The van der Waals surface area contributed by atoms with Crippen LogP contribution in [0.15, 0.2) is 36.5 Å². The summed E-state index contributed by atoms with van der Waals surface area (Å²) < 4.78 is 13.2. The number of pyridine rings is 1. The van der Waals surface area contributed by atoms with E-state index >= 15 is 0 Å². The fourth-order valence-corrected chi connectivity index (χ4v) is 3.03. The number of fused-ring (bicyclic) bond motifs is 1. The summed E-state index contributed by atoms with van der Waals surface area (Å²) in [5, 5.41) is 0. The van der Waals surface area contributed by atoms with Crippen LogP contribution in [0.5, 0.6) is 0 Å². The van der Waals surface area contributed by atoms with Crippen LogP contribution in [0.3, 0.4) is 0 Å². The molecule has 0 N–H and O–H groups in total. The highest BCUT2D eigenvalue weighted by atomic mass is 19.1. The largest absolute Gasteiger partial charge is 0.341 e. The van der Waals surface area contributed by atoms with Crippen molar-refractivity contribution in [2.45, 2.75) is 20.3 Å². The molecule has 0 radical (unpaired) electrons. The number of halogens is 1. The van der Waals surface area contributed by atoms with Gasteiger partial charge in [-0.1, -0.05) is 31.8 Å². The van der Waals surface area contributed by atoms with Crippen LogP contribution in [-0.4, -0.2) is 29.4 Å². The number of hydrogen-bond acceptors (Lipinski definition) is 2. The van der Waals surface area contributed by atoms with Crippen LogP contribution in [-0.2, 0) is 6.42 Å². The standard InChI is InChI=1S/C20H19FN2O/c1-20(2)11-18-17(19(24)23(3)13-20)10-15(12-22-18)8-7-14-5-4-6-16(21)9-14/h4-6,9-10,12H,11,13H2,1-3H3. The Kier molecular flexibility index (Phi) is 4.11. The number of benzene rings is 1. The Balaban J connectivity index is 1.97. The van der Waals surface area contributed by atoms with Gasteiger partial charge in [0.1, 0.15) is 5.82 Å². The van der Waals surface area contributed by atoms with Gasteiger partial charge in [-0.25, -0.2) is 4.39 Å². The Morgan fingerprint density at radius 3 is 2.71 bits per heavy atom. The predicted octanol–water partition coefficient (Wildman–Crippen LogP) is 3.27. The quantitative estimate of drug-likeness (QED) is 0.698. The molecule has 2 heterocycles. The van der Waals surface area contributed by atoms with Crippen molar-refractivity contribution in [1.82, 2.24) is 9.88 Å². The van der Waals surface area contributed by atoms with Crippen LogP contribution in [0.4, 0.5) is 4.39 Å². The van der Waals surface area contributed by atoms with Crippen molar-refractivity contribution < 1.29 is 9.18 Å². The zero-order valence-corrected chi connectivity index (χ0v) is 14.1. The Labute approximate surface area is 141 Å². The molecule has 1 aliphatic heterocycles. The highest BCUT2D eigenvalue weighted by Gasteiger charge is 2.31. The van der Waals surface area contributed by atoms with Gasteiger partial charge in [-0.15, -0.1) is 0 Å². The predicted molar refractivity (Wildman–Crippen MR) is 91.1 cm³/mol. The minimum atomic E-state index is -0.319. The lowest BCUT2D eigenvalue weighted by atomic mass is 9.87. The van der Waals surface area contributed by atoms with Crippen LogP contribution in [0.25, 0.3) is 0 Å². The molecule has 1 aromatic heterocycles. The third kappa shape index (κ3) is 3.46. The smallest absolute Gasteiger partial charge is 0.255 e. The molecule has 2 aromatic rings. The van der Waals surface area contributed by atoms with Gasteiger partial charge in [0.2, 0.25) is 0 Å². The molecule has 4 heteroatoms. The Hall–Kier alpha value is -2.67. The van der Waals surface area contributed by atoms with E-state index in [1.807, 2.05) is 7.05 Å². The van der Waals surface area contributed by atoms with Gasteiger partial charge in [-0.05, 0) is 36.1 Å². The molecule has 1 aliphatic rings. The number of carbonyl (C=O) groups is 1. The zero-order valence-electron chi connectivity index (χ0n) is 14.1. The van der Waals surface area contributed by atoms with E-state index in [4.69, 9.17) is 0 Å². The van der Waals surface area contributed by atoms with E-state index in [2.05, 4.69) is 30.7 Å². The van der Waals surface area contributed by atoms with Crippen molar-refractivity contribution in [3.63, 3.8) is 0 Å². The molecule has 0 aliphatic carbocycles. The van der Waals surface area contributed by atoms with Crippen molar-refractivity contribution in [3.05, 3.63) is 64.7 Å². The Morgan fingerprint density at radius 2 is 1.96 bits per heavy atom. The molecule has 0 saturated carbocycles. The summed E-state index contributed by atoms with van der Waals surface area (Å²) in [4.78, 5) is 18.8. The first-order valence-electron chi connectivity index (χ1n) is 7.86. The lowest BCUT2D eigenvalue weighted by Crippen LogP contribution is -2.33. The first-order chi connectivity index (χ1) is 11.3. The third-order valence-electron chi connectivity index (χ3n) is 4.03. The Morgan fingerprint density at radius 1 is 1.21 bits per heavy atom. The van der Waals surface area contributed by atoms with E-state index in [1.165, 1.54) is 12.1 Å². The molecule has 0 bridgehead atoms. The van der Waals surface area contributed by atoms with Crippen LogP contribution < -0.4 is 0 Å². The Bertz CT molecular complexity index is 861. The van der Waals surface area contributed by atoms with E-state index < -0.39 is 0 Å². The number of amides is 1. The van der Waals surface area contributed by atoms with Gasteiger partial charge in [-0.3, -0.25) is 9.78 Å². The number of carbonyl (C=O) groups excluding carboxylic acids is 1. The molecule has 122 valence electrons. The number of rotatable bonds is 0. The van der Waals surface area contributed by atoms with Gasteiger partial charge in [0.25, 0.3) is 5.91 Å². The van der Waals surface area contributed by atoms with Crippen molar-refractivity contribution in [2.24, 2.45) is 5.41 Å². The summed E-state index contributed by atoms with van der Waals surface area (Å²) in [6.45, 7) is 4.95. The maximum Gasteiger partial charge on any atom is 0.255 e. The van der Waals surface area contributed by atoms with Crippen molar-refractivity contribution in [1.29, 1.82) is 0 Å². The molecule has 3 nitrogen and oxygen atoms in total. The molecule has 1 amide bonds. The van der Waals surface area contributed by atoms with Gasteiger partial charge in [-0.2, -0.15) is 0 Å². The highest BCUT2D eigenvalue weighted by molar-refractivity contribution is 5.96. The maximum absolute atomic E-state index is 13.2. The molecule has 0 saturated heterocycles. The van der Waals surface area contributed by atoms with Gasteiger partial charge in [0.15, 0.2) is 0 Å². The topological polar surface area (TPSA) is 33.2 Å². The first-order valence-corrected chi connectivity index (χ1v) is 7.86. The molecule has 1 aromatic carbocycles. The molecule has 0 spiro atoms. The lowest BCUT2D eigenvalue weighted by Gasteiger charge is -2.26. The highest BCUT2D eigenvalue weighted by Crippen LogP contribution is 2.28. The molecule has 24 heavy (non-hydrogen) atoms. The SMILES string of the molecule is CN1CC(C)(C)Cc2ncc(C#Cc3cccc(F)c3)cc2C1=O. The third-order valence-corrected chi connectivity index (χ3v) is 4.03. The summed E-state index contributed by atoms with van der Waals surface area (Å²) in [5.41, 5.74) is 2.64. The number of nitrogens with zero attached hydrogens (tertiary/aromatic N) is 2. The summed E-state index contributed by atoms with van der Waals surface area (Å²) in [6.07, 6.45) is 2.43. The normalized spacial score (nSPS) is 16.0. The summed E-state index contributed by atoms with van der Waals surface area (Å²) in [5.74, 6) is 5.53. The summed E-state index contributed by atoms with van der Waals surface area (Å²) >= 11 is 0. The van der Waals surface area contributed by atoms with E-state index in [0.717, 1.165) is 12.1 Å². The second-order valence-corrected chi connectivity index (χ2v) is 6.98. The summed E-state index contributed by atoms with van der Waals surface area (Å²) in [6, 6.07) is 7.91. The minimum Gasteiger partial charge on any atom is -0.341 e. The first kappa shape index (κ1) is 16.2. The van der Waals surface area contributed by atoms with Gasteiger partial charge in [0.05, 0.1) is 11.3 Å². The molecule has 3 rings (SSSR count). The van der Waals surface area contributed by atoms with Crippen molar-refractivity contribution >= 4 is 5.91 Å². The lowest BCUT2D eigenvalue weighted by molar-refractivity contribution is 0.0754. The minimum absolute atomic E-state index is 0.0164. The van der Waals surface area contributed by atoms with Crippen molar-refractivity contribution in [3.8, 4) is 11.8 Å². The van der Waals surface area contributed by atoms with Gasteiger partial charge < -0.3 is 4.90 Å². The maximum atomic E-state index is 13.2. The fourth-order valence-electron chi connectivity index (χ4n) is 3.03. The molecule has 0 unspecified atom stereocenters. The molecular formula is C20H19FN2O. The monoisotopic (exact) mass is 322 g/mol. The van der Waals surface area contributed by atoms with Crippen LogP contribution in [0.2, 0.25) is 0 Å². The van der Waals surface area contributed by atoms with Gasteiger partial charge >= 0.3 is 0 Å². The summed E-state index contributed by atoms with van der Waals surface area (Å²) in [7, 11) is 1.81. The molecular weight excluding hydrogens is 303 g/mol. The zero-order chi connectivity index (χ0) is 17.3. The second kappa shape index (κ2) is 6.09. The van der Waals surface area contributed by atoms with Crippen molar-refractivity contribution in [2.75, 3.05) is 13.6 Å². The van der Waals surface area contributed by atoms with Crippen LogP contribution >= 0.6 is 0 Å². The molecule has 0 fully saturated rings.